The lowest BCUT2D eigenvalue weighted by Gasteiger charge is -2.35. The van der Waals surface area contributed by atoms with Gasteiger partial charge in [-0.05, 0) is 63.4 Å². The molecule has 2 aliphatic rings. The number of β-amino-alcohol motifs (C(OH)–C–C–N with tert-alkyl or cyclic N) is 1. The fourth-order valence-corrected chi connectivity index (χ4v) is 3.81. The Morgan fingerprint density at radius 3 is 2.58 bits per heavy atom. The highest BCUT2D eigenvalue weighted by atomic mass is 16.5. The first-order valence-electron chi connectivity index (χ1n) is 9.59. The Bertz CT molecular complexity index is 601. The summed E-state index contributed by atoms with van der Waals surface area (Å²) >= 11 is 0. The largest absolute Gasteiger partial charge is 0.389 e. The van der Waals surface area contributed by atoms with Crippen LogP contribution in [0.2, 0.25) is 0 Å². The molecule has 1 aromatic rings. The average Bonchev–Trinajstić information content (AvgIpc) is 2.62. The van der Waals surface area contributed by atoms with Crippen LogP contribution in [0.3, 0.4) is 0 Å². The standard InChI is InChI=1S/C20H31N3O3/c1-20(2,25)15-22-8-6-16(7-9-22)17-4-3-5-18(14-17)21-19(24)23-10-12-26-13-11-23/h3-5,14,16,25H,6-13,15H2,1-2H3,(H,21,24). The van der Waals surface area contributed by atoms with Crippen LogP contribution >= 0.6 is 0 Å². The highest BCUT2D eigenvalue weighted by Crippen LogP contribution is 2.30. The Hall–Kier alpha value is -1.63. The van der Waals surface area contributed by atoms with Crippen molar-refractivity contribution in [3.05, 3.63) is 29.8 Å². The third-order valence-electron chi connectivity index (χ3n) is 5.11. The van der Waals surface area contributed by atoms with E-state index in [1.165, 1.54) is 5.56 Å². The maximum absolute atomic E-state index is 12.4. The predicted molar refractivity (Wildman–Crippen MR) is 103 cm³/mol. The molecule has 0 saturated carbocycles. The van der Waals surface area contributed by atoms with Crippen LogP contribution in [-0.4, -0.2) is 72.5 Å². The Kier molecular flexibility index (Phi) is 6.16. The SMILES string of the molecule is CC(C)(O)CN1CCC(c2cccc(NC(=O)N3CCOCC3)c2)CC1. The van der Waals surface area contributed by atoms with Crippen LogP contribution < -0.4 is 5.32 Å². The molecule has 3 rings (SSSR count). The number of hydrogen-bond acceptors (Lipinski definition) is 4. The van der Waals surface area contributed by atoms with Crippen molar-refractivity contribution in [2.24, 2.45) is 0 Å². The molecule has 0 spiro atoms. The molecule has 0 aliphatic carbocycles. The quantitative estimate of drug-likeness (QED) is 0.865. The Balaban J connectivity index is 1.55. The molecule has 2 N–H and O–H groups in total. The van der Waals surface area contributed by atoms with E-state index in [1.54, 1.807) is 4.90 Å². The number of rotatable bonds is 4. The molecule has 2 aliphatic heterocycles. The first-order valence-corrected chi connectivity index (χ1v) is 9.59. The first-order chi connectivity index (χ1) is 12.4. The highest BCUT2D eigenvalue weighted by Gasteiger charge is 2.25. The molecule has 6 heteroatoms. The molecular weight excluding hydrogens is 330 g/mol. The molecule has 144 valence electrons. The summed E-state index contributed by atoms with van der Waals surface area (Å²) in [5, 5.41) is 13.0. The van der Waals surface area contributed by atoms with Crippen molar-refractivity contribution >= 4 is 11.7 Å². The molecule has 2 amide bonds. The zero-order chi connectivity index (χ0) is 18.6. The molecule has 6 nitrogen and oxygen atoms in total. The zero-order valence-corrected chi connectivity index (χ0v) is 15.9. The fraction of sp³-hybridized carbons (Fsp3) is 0.650. The number of nitrogens with one attached hydrogen (secondary N) is 1. The van der Waals surface area contributed by atoms with Crippen molar-refractivity contribution in [1.29, 1.82) is 0 Å². The fourth-order valence-electron chi connectivity index (χ4n) is 3.81. The number of ether oxygens (including phenoxy) is 1. The van der Waals surface area contributed by atoms with Gasteiger partial charge in [0.05, 0.1) is 18.8 Å². The Labute approximate surface area is 156 Å². The molecule has 0 aromatic heterocycles. The summed E-state index contributed by atoms with van der Waals surface area (Å²) in [6.07, 6.45) is 2.16. The van der Waals surface area contributed by atoms with E-state index in [0.29, 0.717) is 32.2 Å². The summed E-state index contributed by atoms with van der Waals surface area (Å²) in [6, 6.07) is 8.18. The molecule has 1 aromatic carbocycles. The second-order valence-corrected chi connectivity index (χ2v) is 8.02. The molecular formula is C20H31N3O3. The molecule has 0 radical (unpaired) electrons. The zero-order valence-electron chi connectivity index (χ0n) is 15.9. The van der Waals surface area contributed by atoms with Gasteiger partial charge in [0.1, 0.15) is 0 Å². The van der Waals surface area contributed by atoms with Gasteiger partial charge >= 0.3 is 6.03 Å². The first kappa shape index (κ1) is 19.1. The van der Waals surface area contributed by atoms with Crippen LogP contribution in [0.25, 0.3) is 0 Å². The minimum absolute atomic E-state index is 0.0505. The van der Waals surface area contributed by atoms with Crippen molar-refractivity contribution in [1.82, 2.24) is 9.80 Å². The predicted octanol–water partition coefficient (Wildman–Crippen LogP) is 2.50. The molecule has 0 atom stereocenters. The summed E-state index contributed by atoms with van der Waals surface area (Å²) in [5.74, 6) is 0.508. The monoisotopic (exact) mass is 361 g/mol. The second-order valence-electron chi connectivity index (χ2n) is 8.02. The highest BCUT2D eigenvalue weighted by molar-refractivity contribution is 5.89. The average molecular weight is 361 g/mol. The van der Waals surface area contributed by atoms with Crippen LogP contribution in [-0.2, 0) is 4.74 Å². The van der Waals surface area contributed by atoms with Gasteiger partial charge in [0, 0.05) is 25.3 Å². The van der Waals surface area contributed by atoms with Gasteiger partial charge in [0.2, 0.25) is 0 Å². The van der Waals surface area contributed by atoms with Gasteiger partial charge in [-0.25, -0.2) is 4.79 Å². The Morgan fingerprint density at radius 2 is 1.92 bits per heavy atom. The minimum Gasteiger partial charge on any atom is -0.389 e. The van der Waals surface area contributed by atoms with Gasteiger partial charge in [-0.15, -0.1) is 0 Å². The van der Waals surface area contributed by atoms with Crippen molar-refractivity contribution in [3.8, 4) is 0 Å². The summed E-state index contributed by atoms with van der Waals surface area (Å²) in [6.45, 7) is 8.94. The number of carbonyl (C=O) groups excluding carboxylic acids is 1. The van der Waals surface area contributed by atoms with Crippen LogP contribution in [0.15, 0.2) is 24.3 Å². The number of nitrogens with zero attached hydrogens (tertiary/aromatic N) is 2. The van der Waals surface area contributed by atoms with Gasteiger partial charge in [-0.1, -0.05) is 12.1 Å². The summed E-state index contributed by atoms with van der Waals surface area (Å²) in [4.78, 5) is 16.5. The maximum atomic E-state index is 12.4. The number of piperidine rings is 1. The van der Waals surface area contributed by atoms with Crippen molar-refractivity contribution < 1.29 is 14.6 Å². The Morgan fingerprint density at radius 1 is 1.23 bits per heavy atom. The van der Waals surface area contributed by atoms with Crippen molar-refractivity contribution in [2.75, 3.05) is 51.3 Å². The van der Waals surface area contributed by atoms with Crippen LogP contribution in [0.4, 0.5) is 10.5 Å². The number of morpholine rings is 1. The van der Waals surface area contributed by atoms with Crippen LogP contribution in [0.1, 0.15) is 38.2 Å². The van der Waals surface area contributed by atoms with E-state index in [9.17, 15) is 9.90 Å². The van der Waals surface area contributed by atoms with E-state index in [0.717, 1.165) is 38.2 Å². The van der Waals surface area contributed by atoms with E-state index in [-0.39, 0.29) is 6.03 Å². The molecule has 2 saturated heterocycles. The molecule has 2 fully saturated rings. The molecule has 2 heterocycles. The van der Waals surface area contributed by atoms with Gasteiger partial charge in [0.15, 0.2) is 0 Å². The second kappa shape index (κ2) is 8.37. The minimum atomic E-state index is -0.642. The smallest absolute Gasteiger partial charge is 0.321 e. The summed E-state index contributed by atoms with van der Waals surface area (Å²) in [7, 11) is 0. The van der Waals surface area contributed by atoms with E-state index >= 15 is 0 Å². The third kappa shape index (κ3) is 5.43. The normalized spacial score (nSPS) is 20.2. The maximum Gasteiger partial charge on any atom is 0.321 e. The van der Waals surface area contributed by atoms with E-state index in [2.05, 4.69) is 22.3 Å². The van der Waals surface area contributed by atoms with Crippen LogP contribution in [0, 0.1) is 0 Å². The number of carbonyl (C=O) groups is 1. The number of benzene rings is 1. The summed E-state index contributed by atoms with van der Waals surface area (Å²) in [5.41, 5.74) is 1.50. The number of aliphatic hydroxyl groups is 1. The molecule has 0 unspecified atom stereocenters. The van der Waals surface area contributed by atoms with Gasteiger partial charge in [-0.3, -0.25) is 0 Å². The number of urea groups is 1. The number of hydrogen-bond donors (Lipinski definition) is 2. The van der Waals surface area contributed by atoms with Gasteiger partial charge < -0.3 is 25.0 Å². The number of amides is 2. The lowest BCUT2D eigenvalue weighted by molar-refractivity contribution is 0.0282. The lowest BCUT2D eigenvalue weighted by Crippen LogP contribution is -2.43. The van der Waals surface area contributed by atoms with Crippen molar-refractivity contribution in [2.45, 2.75) is 38.2 Å². The van der Waals surface area contributed by atoms with Gasteiger partial charge in [-0.2, -0.15) is 0 Å². The van der Waals surface area contributed by atoms with Crippen LogP contribution in [0.5, 0.6) is 0 Å². The third-order valence-corrected chi connectivity index (χ3v) is 5.11. The van der Waals surface area contributed by atoms with E-state index < -0.39 is 5.60 Å². The topological polar surface area (TPSA) is 65.0 Å². The molecule has 26 heavy (non-hydrogen) atoms. The number of likely N-dealkylation sites (tertiary alicyclic amines) is 1. The molecule has 0 bridgehead atoms. The van der Waals surface area contributed by atoms with Gasteiger partial charge in [0.25, 0.3) is 0 Å². The number of anilines is 1. The lowest BCUT2D eigenvalue weighted by atomic mass is 9.89. The van der Waals surface area contributed by atoms with Crippen molar-refractivity contribution in [3.63, 3.8) is 0 Å². The van der Waals surface area contributed by atoms with E-state index in [4.69, 9.17) is 4.74 Å². The van der Waals surface area contributed by atoms with E-state index in [1.807, 2.05) is 26.0 Å². The summed E-state index contributed by atoms with van der Waals surface area (Å²) < 4.78 is 5.30.